The Hall–Kier alpha value is -3.43. The Labute approximate surface area is 138 Å². The molecule has 2 N–H and O–H groups in total. The van der Waals surface area contributed by atoms with Gasteiger partial charge in [0.1, 0.15) is 5.75 Å². The van der Waals surface area contributed by atoms with Gasteiger partial charge in [-0.15, -0.1) is 0 Å². The molecule has 2 aromatic rings. The van der Waals surface area contributed by atoms with Crippen molar-refractivity contribution in [3.8, 4) is 5.75 Å². The van der Waals surface area contributed by atoms with Crippen LogP contribution in [0.5, 0.6) is 5.75 Å². The molecular weight excluding hydrogens is 343 g/mol. The number of nitro benzene ring substituents is 1. The van der Waals surface area contributed by atoms with Crippen LogP contribution in [0.3, 0.4) is 0 Å². The van der Waals surface area contributed by atoms with Gasteiger partial charge in [-0.3, -0.25) is 14.9 Å². The first-order chi connectivity index (χ1) is 11.7. The average Bonchev–Trinajstić information content (AvgIpc) is 2.55. The summed E-state index contributed by atoms with van der Waals surface area (Å²) in [6, 6.07) is 6.71. The number of amides is 1. The largest absolute Gasteiger partial charge is 0.507 e. The molecule has 130 valence electrons. The van der Waals surface area contributed by atoms with Gasteiger partial charge in [-0.25, -0.2) is 5.43 Å². The van der Waals surface area contributed by atoms with Crippen molar-refractivity contribution in [2.24, 2.45) is 5.10 Å². The predicted molar refractivity (Wildman–Crippen MR) is 81.3 cm³/mol. The van der Waals surface area contributed by atoms with E-state index in [1.54, 1.807) is 0 Å². The molecule has 0 fully saturated rings. The summed E-state index contributed by atoms with van der Waals surface area (Å²) >= 11 is 0. The molecule has 0 spiro atoms. The lowest BCUT2D eigenvalue weighted by molar-refractivity contribution is -0.384. The van der Waals surface area contributed by atoms with Gasteiger partial charge >= 0.3 is 6.18 Å². The quantitative estimate of drug-likeness (QED) is 0.500. The minimum absolute atomic E-state index is 0.0121. The van der Waals surface area contributed by atoms with Gasteiger partial charge in [0.2, 0.25) is 0 Å². The molecule has 0 bridgehead atoms. The number of phenols is 1. The van der Waals surface area contributed by atoms with Crippen LogP contribution in [-0.4, -0.2) is 22.2 Å². The average molecular weight is 353 g/mol. The van der Waals surface area contributed by atoms with Gasteiger partial charge in [0, 0.05) is 23.3 Å². The van der Waals surface area contributed by atoms with Crippen molar-refractivity contribution >= 4 is 17.8 Å². The second kappa shape index (κ2) is 6.99. The molecule has 0 saturated heterocycles. The SMILES string of the molecule is O=C(NN=Cc1cc([N+](=O)[O-])ccc1O)c1ccc(C(F)(F)F)cc1. The van der Waals surface area contributed by atoms with E-state index in [4.69, 9.17) is 0 Å². The molecule has 0 atom stereocenters. The molecule has 25 heavy (non-hydrogen) atoms. The number of non-ortho nitro benzene ring substituents is 1. The zero-order valence-corrected chi connectivity index (χ0v) is 12.3. The summed E-state index contributed by atoms with van der Waals surface area (Å²) in [5, 5.41) is 23.8. The number of nitro groups is 1. The molecule has 0 heterocycles. The summed E-state index contributed by atoms with van der Waals surface area (Å²) in [5.74, 6) is -1.08. The highest BCUT2D eigenvalue weighted by molar-refractivity contribution is 5.95. The summed E-state index contributed by atoms with van der Waals surface area (Å²) < 4.78 is 37.3. The van der Waals surface area contributed by atoms with Crippen molar-refractivity contribution in [2.75, 3.05) is 0 Å². The third kappa shape index (κ3) is 4.53. The zero-order chi connectivity index (χ0) is 18.6. The van der Waals surface area contributed by atoms with Crippen LogP contribution in [0.25, 0.3) is 0 Å². The van der Waals surface area contributed by atoms with Crippen LogP contribution in [0, 0.1) is 10.1 Å². The fraction of sp³-hybridized carbons (Fsp3) is 0.0667. The second-order valence-electron chi connectivity index (χ2n) is 4.77. The summed E-state index contributed by atoms with van der Waals surface area (Å²) in [7, 11) is 0. The Morgan fingerprint density at radius 2 is 1.84 bits per heavy atom. The monoisotopic (exact) mass is 353 g/mol. The minimum atomic E-state index is -4.51. The van der Waals surface area contributed by atoms with E-state index in [-0.39, 0.29) is 22.6 Å². The third-order valence-corrected chi connectivity index (χ3v) is 3.07. The molecule has 0 saturated carbocycles. The van der Waals surface area contributed by atoms with Crippen molar-refractivity contribution in [1.82, 2.24) is 5.43 Å². The van der Waals surface area contributed by atoms with E-state index < -0.39 is 22.6 Å². The van der Waals surface area contributed by atoms with E-state index in [9.17, 15) is 33.2 Å². The minimum Gasteiger partial charge on any atom is -0.507 e. The molecule has 0 aromatic heterocycles. The van der Waals surface area contributed by atoms with Gasteiger partial charge < -0.3 is 5.11 Å². The highest BCUT2D eigenvalue weighted by Crippen LogP contribution is 2.29. The summed E-state index contributed by atoms with van der Waals surface area (Å²) in [5.41, 5.74) is 0.798. The number of nitrogens with one attached hydrogen (secondary N) is 1. The topological polar surface area (TPSA) is 105 Å². The molecule has 0 unspecified atom stereocenters. The maximum absolute atomic E-state index is 12.4. The fourth-order valence-corrected chi connectivity index (χ4v) is 1.79. The maximum atomic E-state index is 12.4. The van der Waals surface area contributed by atoms with Gasteiger partial charge in [0.05, 0.1) is 16.7 Å². The van der Waals surface area contributed by atoms with Crippen molar-refractivity contribution < 1.29 is 28.0 Å². The number of benzene rings is 2. The maximum Gasteiger partial charge on any atom is 0.416 e. The number of nitrogens with zero attached hydrogens (tertiary/aromatic N) is 2. The Kier molecular flexibility index (Phi) is 5.01. The number of carbonyl (C=O) groups excluding carboxylic acids is 1. The van der Waals surface area contributed by atoms with Crippen LogP contribution in [0.1, 0.15) is 21.5 Å². The van der Waals surface area contributed by atoms with Gasteiger partial charge in [0.15, 0.2) is 0 Å². The fourth-order valence-electron chi connectivity index (χ4n) is 1.79. The number of phenolic OH excluding ortho intramolecular Hbond substituents is 1. The Bertz CT molecular complexity index is 833. The van der Waals surface area contributed by atoms with Gasteiger partial charge in [-0.05, 0) is 30.3 Å². The van der Waals surface area contributed by atoms with Crippen LogP contribution in [0.4, 0.5) is 18.9 Å². The molecule has 2 rings (SSSR count). The van der Waals surface area contributed by atoms with Crippen LogP contribution >= 0.6 is 0 Å². The van der Waals surface area contributed by atoms with Crippen molar-refractivity contribution in [1.29, 1.82) is 0 Å². The number of aromatic hydroxyl groups is 1. The Balaban J connectivity index is 2.08. The number of halogens is 3. The molecule has 0 aliphatic rings. The standard InChI is InChI=1S/C15H10F3N3O4/c16-15(17,18)11-3-1-9(2-4-11)14(23)20-19-8-10-7-12(21(24)25)5-6-13(10)22/h1-8,22H,(H,20,23). The molecular formula is C15H10F3N3O4. The lowest BCUT2D eigenvalue weighted by atomic mass is 10.1. The highest BCUT2D eigenvalue weighted by Gasteiger charge is 2.30. The summed E-state index contributed by atoms with van der Waals surface area (Å²) in [4.78, 5) is 21.8. The summed E-state index contributed by atoms with van der Waals surface area (Å²) in [6.07, 6.45) is -3.53. The molecule has 1 amide bonds. The van der Waals surface area contributed by atoms with Crippen LogP contribution < -0.4 is 5.43 Å². The van der Waals surface area contributed by atoms with E-state index in [0.29, 0.717) is 0 Å². The normalized spacial score (nSPS) is 11.5. The van der Waals surface area contributed by atoms with E-state index in [0.717, 1.165) is 48.7 Å². The number of hydrazone groups is 1. The van der Waals surface area contributed by atoms with Gasteiger partial charge in [-0.1, -0.05) is 0 Å². The Morgan fingerprint density at radius 3 is 2.40 bits per heavy atom. The number of hydrogen-bond donors (Lipinski definition) is 2. The number of rotatable bonds is 4. The van der Waals surface area contributed by atoms with Gasteiger partial charge in [0.25, 0.3) is 11.6 Å². The lowest BCUT2D eigenvalue weighted by Crippen LogP contribution is -2.18. The van der Waals surface area contributed by atoms with Crippen LogP contribution in [-0.2, 0) is 6.18 Å². The predicted octanol–water partition coefficient (Wildman–Crippen LogP) is 3.08. The molecule has 10 heteroatoms. The van der Waals surface area contributed by atoms with E-state index in [2.05, 4.69) is 5.10 Å². The molecule has 0 radical (unpaired) electrons. The van der Waals surface area contributed by atoms with Crippen molar-refractivity contribution in [2.45, 2.75) is 6.18 Å². The smallest absolute Gasteiger partial charge is 0.416 e. The number of carbonyl (C=O) groups is 1. The zero-order valence-electron chi connectivity index (χ0n) is 12.3. The Morgan fingerprint density at radius 1 is 1.20 bits per heavy atom. The molecule has 7 nitrogen and oxygen atoms in total. The van der Waals surface area contributed by atoms with E-state index in [1.165, 1.54) is 0 Å². The van der Waals surface area contributed by atoms with Crippen molar-refractivity contribution in [3.05, 3.63) is 69.3 Å². The number of hydrogen-bond acceptors (Lipinski definition) is 5. The van der Waals surface area contributed by atoms with E-state index in [1.807, 2.05) is 5.43 Å². The summed E-state index contributed by atoms with van der Waals surface area (Å²) in [6.45, 7) is 0. The first kappa shape index (κ1) is 17.9. The van der Waals surface area contributed by atoms with Crippen LogP contribution in [0.2, 0.25) is 0 Å². The van der Waals surface area contributed by atoms with Crippen molar-refractivity contribution in [3.63, 3.8) is 0 Å². The molecule has 0 aliphatic heterocycles. The lowest BCUT2D eigenvalue weighted by Gasteiger charge is -2.06. The second-order valence-corrected chi connectivity index (χ2v) is 4.77. The molecule has 0 aliphatic carbocycles. The first-order valence-electron chi connectivity index (χ1n) is 6.66. The van der Waals surface area contributed by atoms with E-state index >= 15 is 0 Å². The first-order valence-corrected chi connectivity index (χ1v) is 6.66. The van der Waals surface area contributed by atoms with Crippen LogP contribution in [0.15, 0.2) is 47.6 Å². The third-order valence-electron chi connectivity index (χ3n) is 3.07. The van der Waals surface area contributed by atoms with Gasteiger partial charge in [-0.2, -0.15) is 18.3 Å². The number of alkyl halides is 3. The molecule has 2 aromatic carbocycles. The highest BCUT2D eigenvalue weighted by atomic mass is 19.4.